The minimum atomic E-state index is -2.90. The molecule has 8 heteroatoms. The summed E-state index contributed by atoms with van der Waals surface area (Å²) >= 11 is 0. The lowest BCUT2D eigenvalue weighted by atomic mass is 10.2. The number of hydrogen-bond donors (Lipinski definition) is 3. The molecule has 2 rings (SSSR count). The zero-order valence-corrected chi connectivity index (χ0v) is 13.7. The fourth-order valence-electron chi connectivity index (χ4n) is 2.59. The Balaban J connectivity index is 1.76. The van der Waals surface area contributed by atoms with Crippen molar-refractivity contribution in [1.82, 2.24) is 5.43 Å². The van der Waals surface area contributed by atoms with Crippen LogP contribution in [0.25, 0.3) is 0 Å². The van der Waals surface area contributed by atoms with Crippen LogP contribution in [0, 0.1) is 0 Å². The zero-order chi connectivity index (χ0) is 17.4. The number of benzene rings is 1. The fourth-order valence-corrected chi connectivity index (χ4v) is 2.59. The first-order valence-electron chi connectivity index (χ1n) is 8.05. The highest BCUT2D eigenvalue weighted by atomic mass is 19.3. The largest absolute Gasteiger partial charge is 0.434 e. The maximum absolute atomic E-state index is 12.3. The van der Waals surface area contributed by atoms with Crippen LogP contribution < -0.4 is 20.0 Å². The standard InChI is InChI=1S/C16H22F2N4O2/c1-21-8-10-22(11-9-21)7-6-15(23)20-19-12-13-4-2-3-5-14(13)24-16(17)18/h2-5,12,16H,6-11H2,1H3,(H,20,23)/p+2/b19-12-. The number of nitrogens with zero attached hydrogens (tertiary/aromatic N) is 1. The van der Waals surface area contributed by atoms with Crippen molar-refractivity contribution in [1.29, 1.82) is 0 Å². The third-order valence-electron chi connectivity index (χ3n) is 4.04. The van der Waals surface area contributed by atoms with Gasteiger partial charge in [0.05, 0.1) is 26.2 Å². The Morgan fingerprint density at radius 3 is 2.75 bits per heavy atom. The summed E-state index contributed by atoms with van der Waals surface area (Å²) in [6.07, 6.45) is 1.70. The summed E-state index contributed by atoms with van der Waals surface area (Å²) in [5, 5.41) is 3.82. The van der Waals surface area contributed by atoms with Gasteiger partial charge in [-0.2, -0.15) is 13.9 Å². The molecule has 0 radical (unpaired) electrons. The van der Waals surface area contributed by atoms with Gasteiger partial charge in [0.2, 0.25) is 5.91 Å². The zero-order valence-electron chi connectivity index (χ0n) is 13.7. The summed E-state index contributed by atoms with van der Waals surface area (Å²) in [6.45, 7) is 2.26. The second-order valence-corrected chi connectivity index (χ2v) is 5.92. The number of piperazine rings is 1. The van der Waals surface area contributed by atoms with Crippen molar-refractivity contribution in [2.24, 2.45) is 5.10 Å². The average molecular weight is 342 g/mol. The molecule has 1 saturated heterocycles. The minimum absolute atomic E-state index is 0.0230. The predicted molar refractivity (Wildman–Crippen MR) is 85.6 cm³/mol. The summed E-state index contributed by atoms with van der Waals surface area (Å²) < 4.78 is 29.0. The van der Waals surface area contributed by atoms with E-state index in [0.29, 0.717) is 12.0 Å². The van der Waals surface area contributed by atoms with Crippen molar-refractivity contribution in [2.45, 2.75) is 13.0 Å². The number of carbonyl (C=O) groups is 1. The van der Waals surface area contributed by atoms with Gasteiger partial charge in [-0.05, 0) is 12.1 Å². The number of carbonyl (C=O) groups excluding carboxylic acids is 1. The molecule has 6 nitrogen and oxygen atoms in total. The number of para-hydroxylation sites is 1. The van der Waals surface area contributed by atoms with Gasteiger partial charge in [0.1, 0.15) is 31.9 Å². The molecule has 1 aromatic carbocycles. The molecular formula is C16H24F2N4O2+2. The van der Waals surface area contributed by atoms with Crippen molar-refractivity contribution in [3.63, 3.8) is 0 Å². The van der Waals surface area contributed by atoms with E-state index < -0.39 is 6.61 Å². The smallest absolute Gasteiger partial charge is 0.387 e. The molecule has 3 N–H and O–H groups in total. The average Bonchev–Trinajstić information content (AvgIpc) is 2.55. The van der Waals surface area contributed by atoms with E-state index in [1.165, 1.54) is 22.1 Å². The lowest BCUT2D eigenvalue weighted by Gasteiger charge is -2.26. The summed E-state index contributed by atoms with van der Waals surface area (Å²) in [7, 11) is 2.17. The molecule has 1 aliphatic heterocycles. The highest BCUT2D eigenvalue weighted by molar-refractivity contribution is 5.85. The number of nitrogens with one attached hydrogen (secondary N) is 3. The Kier molecular flexibility index (Phi) is 7.07. The van der Waals surface area contributed by atoms with Crippen LogP contribution in [0.5, 0.6) is 5.75 Å². The van der Waals surface area contributed by atoms with Gasteiger partial charge in [-0.15, -0.1) is 0 Å². The predicted octanol–water partition coefficient (Wildman–Crippen LogP) is -1.46. The van der Waals surface area contributed by atoms with E-state index in [9.17, 15) is 13.6 Å². The second kappa shape index (κ2) is 9.29. The van der Waals surface area contributed by atoms with Crippen LogP contribution >= 0.6 is 0 Å². The lowest BCUT2D eigenvalue weighted by molar-refractivity contribution is -1.00. The summed E-state index contributed by atoms with van der Waals surface area (Å²) in [4.78, 5) is 14.8. The van der Waals surface area contributed by atoms with Crippen molar-refractivity contribution in [3.05, 3.63) is 29.8 Å². The minimum Gasteiger partial charge on any atom is -0.434 e. The van der Waals surface area contributed by atoms with E-state index in [1.807, 2.05) is 0 Å². The highest BCUT2D eigenvalue weighted by Crippen LogP contribution is 2.18. The molecule has 0 saturated carbocycles. The maximum atomic E-state index is 12.3. The Labute approximate surface area is 140 Å². The first-order valence-corrected chi connectivity index (χ1v) is 8.05. The summed E-state index contributed by atoms with van der Waals surface area (Å²) in [6, 6.07) is 6.28. The molecule has 0 bridgehead atoms. The van der Waals surface area contributed by atoms with E-state index >= 15 is 0 Å². The van der Waals surface area contributed by atoms with Gasteiger partial charge in [-0.25, -0.2) is 5.43 Å². The molecule has 0 spiro atoms. The molecule has 0 aliphatic carbocycles. The van der Waals surface area contributed by atoms with E-state index in [-0.39, 0.29) is 11.7 Å². The SMILES string of the molecule is C[NH+]1CC[NH+](CCC(=O)N/N=C\c2ccccc2OC(F)F)CC1. The van der Waals surface area contributed by atoms with Gasteiger partial charge in [-0.1, -0.05) is 12.1 Å². The molecule has 1 aliphatic rings. The summed E-state index contributed by atoms with van der Waals surface area (Å²) in [5.74, 6) is -0.160. The lowest BCUT2D eigenvalue weighted by Crippen LogP contribution is -3.27. The monoisotopic (exact) mass is 342 g/mol. The van der Waals surface area contributed by atoms with E-state index in [0.717, 1.165) is 32.7 Å². The number of rotatable bonds is 7. The molecule has 1 heterocycles. The molecule has 132 valence electrons. The fraction of sp³-hybridized carbons (Fsp3) is 0.500. The maximum Gasteiger partial charge on any atom is 0.387 e. The van der Waals surface area contributed by atoms with E-state index in [2.05, 4.69) is 22.3 Å². The molecular weight excluding hydrogens is 318 g/mol. The molecule has 1 aromatic rings. The van der Waals surface area contributed by atoms with Crippen LogP contribution in [0.4, 0.5) is 8.78 Å². The third kappa shape index (κ3) is 6.21. The first kappa shape index (κ1) is 18.3. The second-order valence-electron chi connectivity index (χ2n) is 5.92. The molecule has 24 heavy (non-hydrogen) atoms. The van der Waals surface area contributed by atoms with Crippen molar-refractivity contribution in [3.8, 4) is 5.75 Å². The number of amides is 1. The molecule has 0 atom stereocenters. The van der Waals surface area contributed by atoms with Gasteiger partial charge < -0.3 is 14.5 Å². The number of hydrogen-bond acceptors (Lipinski definition) is 3. The number of alkyl halides is 2. The van der Waals surface area contributed by atoms with Crippen LogP contribution in [0.15, 0.2) is 29.4 Å². The molecule has 1 fully saturated rings. The quantitative estimate of drug-likeness (QED) is 0.419. The highest BCUT2D eigenvalue weighted by Gasteiger charge is 2.20. The number of ether oxygens (including phenoxy) is 1. The Hall–Kier alpha value is -2.06. The van der Waals surface area contributed by atoms with Crippen LogP contribution in [0.1, 0.15) is 12.0 Å². The van der Waals surface area contributed by atoms with Gasteiger partial charge in [-0.3, -0.25) is 4.79 Å². The van der Waals surface area contributed by atoms with E-state index in [4.69, 9.17) is 0 Å². The number of quaternary nitrogens is 2. The van der Waals surface area contributed by atoms with Crippen molar-refractivity contribution < 1.29 is 28.1 Å². The molecule has 0 aromatic heterocycles. The molecule has 1 amide bonds. The Morgan fingerprint density at radius 1 is 1.33 bits per heavy atom. The normalized spacial score (nSPS) is 21.2. The number of halogens is 2. The Morgan fingerprint density at radius 2 is 2.04 bits per heavy atom. The first-order chi connectivity index (χ1) is 11.5. The van der Waals surface area contributed by atoms with Gasteiger partial charge in [0, 0.05) is 5.56 Å². The topological polar surface area (TPSA) is 59.6 Å². The van der Waals surface area contributed by atoms with Gasteiger partial charge in [0.15, 0.2) is 0 Å². The van der Waals surface area contributed by atoms with Crippen LogP contribution in [0.2, 0.25) is 0 Å². The van der Waals surface area contributed by atoms with Crippen molar-refractivity contribution in [2.75, 3.05) is 39.8 Å². The third-order valence-corrected chi connectivity index (χ3v) is 4.04. The number of likely N-dealkylation sites (N-methyl/N-ethyl adjacent to an activating group) is 1. The summed E-state index contributed by atoms with van der Waals surface area (Å²) in [5.41, 5.74) is 2.81. The van der Waals surface area contributed by atoms with Crippen LogP contribution in [-0.4, -0.2) is 58.5 Å². The van der Waals surface area contributed by atoms with Gasteiger partial charge >= 0.3 is 6.61 Å². The Bertz CT molecular complexity index is 561. The van der Waals surface area contributed by atoms with Gasteiger partial charge in [0.25, 0.3) is 0 Å². The van der Waals surface area contributed by atoms with Crippen molar-refractivity contribution >= 4 is 12.1 Å². The number of hydrazone groups is 1. The molecule has 0 unspecified atom stereocenters. The van der Waals surface area contributed by atoms with Crippen LogP contribution in [0.3, 0.4) is 0 Å². The van der Waals surface area contributed by atoms with E-state index in [1.54, 1.807) is 18.2 Å². The van der Waals surface area contributed by atoms with Crippen LogP contribution in [-0.2, 0) is 4.79 Å².